The van der Waals surface area contributed by atoms with Gasteiger partial charge in [0.2, 0.25) is 6.29 Å². The van der Waals surface area contributed by atoms with Gasteiger partial charge in [0.05, 0.1) is 6.61 Å². The molecule has 0 unspecified atom stereocenters. The van der Waals surface area contributed by atoms with E-state index in [1.807, 2.05) is 0 Å². The van der Waals surface area contributed by atoms with E-state index in [9.17, 15) is 20.1 Å². The van der Waals surface area contributed by atoms with Gasteiger partial charge in [-0.15, -0.1) is 0 Å². The van der Waals surface area contributed by atoms with Crippen molar-refractivity contribution in [3.8, 4) is 5.75 Å². The van der Waals surface area contributed by atoms with Crippen LogP contribution in [0.3, 0.4) is 0 Å². The first-order valence-corrected chi connectivity index (χ1v) is 7.46. The van der Waals surface area contributed by atoms with E-state index >= 15 is 0 Å². The lowest BCUT2D eigenvalue weighted by Gasteiger charge is -2.39. The molecule has 23 heavy (non-hydrogen) atoms. The molecule has 7 heteroatoms. The average Bonchev–Trinajstić information content (AvgIpc) is 2.55. The van der Waals surface area contributed by atoms with Crippen molar-refractivity contribution in [3.05, 3.63) is 29.8 Å². The van der Waals surface area contributed by atoms with Crippen LogP contribution in [0, 0.1) is 5.92 Å². The van der Waals surface area contributed by atoms with Crippen molar-refractivity contribution >= 4 is 5.78 Å². The number of ketones is 1. The van der Waals surface area contributed by atoms with Crippen LogP contribution in [0.25, 0.3) is 0 Å². The zero-order valence-corrected chi connectivity index (χ0v) is 13.0. The lowest BCUT2D eigenvalue weighted by Crippen LogP contribution is -2.60. The van der Waals surface area contributed by atoms with E-state index in [0.717, 1.165) is 0 Å². The third-order valence-electron chi connectivity index (χ3n) is 3.76. The fraction of sp³-hybridized carbons (Fsp3) is 0.562. The predicted molar refractivity (Wildman–Crippen MR) is 80.0 cm³/mol. The highest BCUT2D eigenvalue weighted by atomic mass is 16.7. The fourth-order valence-electron chi connectivity index (χ4n) is 2.33. The summed E-state index contributed by atoms with van der Waals surface area (Å²) >= 11 is 0. The standard InChI is InChI=1S/C16H22O7/c1-8(2)12(18)9-3-5-10(6-4-9)22-16-15(21)14(20)13(19)11(7-17)23-16/h3-6,8,11,13-17,19-21H,7H2,1-2H3/t11-,13-,14-,15-,16-/m1/s1. The quantitative estimate of drug-likeness (QED) is 0.549. The van der Waals surface area contributed by atoms with Gasteiger partial charge in [-0.2, -0.15) is 0 Å². The van der Waals surface area contributed by atoms with Crippen LogP contribution in [0.5, 0.6) is 5.75 Å². The molecular weight excluding hydrogens is 304 g/mol. The number of ether oxygens (including phenoxy) is 2. The van der Waals surface area contributed by atoms with Gasteiger partial charge in [0, 0.05) is 11.5 Å². The molecule has 128 valence electrons. The molecule has 1 aromatic rings. The molecule has 0 amide bonds. The third kappa shape index (κ3) is 3.88. The molecule has 1 saturated heterocycles. The van der Waals surface area contributed by atoms with Crippen LogP contribution in [0.1, 0.15) is 24.2 Å². The Morgan fingerprint density at radius 2 is 1.74 bits per heavy atom. The van der Waals surface area contributed by atoms with Crippen LogP contribution < -0.4 is 4.74 Å². The largest absolute Gasteiger partial charge is 0.462 e. The molecule has 1 fully saturated rings. The Balaban J connectivity index is 2.07. The number of carbonyl (C=O) groups is 1. The number of benzene rings is 1. The summed E-state index contributed by atoms with van der Waals surface area (Å²) in [5.41, 5.74) is 0.543. The number of hydrogen-bond acceptors (Lipinski definition) is 7. The molecule has 0 bridgehead atoms. The van der Waals surface area contributed by atoms with Crippen molar-refractivity contribution in [2.24, 2.45) is 5.92 Å². The van der Waals surface area contributed by atoms with Gasteiger partial charge in [-0.3, -0.25) is 4.79 Å². The van der Waals surface area contributed by atoms with E-state index < -0.39 is 37.3 Å². The summed E-state index contributed by atoms with van der Waals surface area (Å²) in [4.78, 5) is 11.9. The van der Waals surface area contributed by atoms with Gasteiger partial charge >= 0.3 is 0 Å². The molecule has 0 aliphatic carbocycles. The molecule has 1 aromatic carbocycles. The van der Waals surface area contributed by atoms with Gasteiger partial charge in [-0.1, -0.05) is 13.8 Å². The number of carbonyl (C=O) groups excluding carboxylic acids is 1. The maximum Gasteiger partial charge on any atom is 0.229 e. The third-order valence-corrected chi connectivity index (χ3v) is 3.76. The Labute approximate surface area is 134 Å². The van der Waals surface area contributed by atoms with Crippen LogP contribution in [-0.2, 0) is 4.74 Å². The van der Waals surface area contributed by atoms with Gasteiger partial charge in [0.1, 0.15) is 30.2 Å². The molecule has 1 aliphatic heterocycles. The molecule has 4 N–H and O–H groups in total. The molecule has 0 aromatic heterocycles. The number of hydrogen-bond donors (Lipinski definition) is 4. The second kappa shape index (κ2) is 7.37. The Bertz CT molecular complexity index is 526. The average molecular weight is 326 g/mol. The van der Waals surface area contributed by atoms with Gasteiger partial charge in [0.15, 0.2) is 5.78 Å². The van der Waals surface area contributed by atoms with E-state index in [0.29, 0.717) is 11.3 Å². The highest BCUT2D eigenvalue weighted by Gasteiger charge is 2.44. The molecule has 1 heterocycles. The highest BCUT2D eigenvalue weighted by molar-refractivity contribution is 5.97. The van der Waals surface area contributed by atoms with Crippen molar-refractivity contribution in [1.29, 1.82) is 0 Å². The van der Waals surface area contributed by atoms with E-state index in [1.54, 1.807) is 38.1 Å². The van der Waals surface area contributed by atoms with Gasteiger partial charge in [0.25, 0.3) is 0 Å². The lowest BCUT2D eigenvalue weighted by atomic mass is 9.99. The SMILES string of the molecule is CC(C)C(=O)c1ccc(O[C@@H]2O[C@H](CO)[C@@H](O)[C@@H](O)[C@H]2O)cc1. The molecule has 1 aliphatic rings. The van der Waals surface area contributed by atoms with Crippen LogP contribution in [0.15, 0.2) is 24.3 Å². The van der Waals surface area contributed by atoms with E-state index in [4.69, 9.17) is 14.6 Å². The van der Waals surface area contributed by atoms with Crippen molar-refractivity contribution < 1.29 is 34.7 Å². The lowest BCUT2D eigenvalue weighted by molar-refractivity contribution is -0.277. The minimum absolute atomic E-state index is 0.00406. The number of Topliss-reactive ketones (excluding diaryl/α,β-unsaturated/α-hetero) is 1. The monoisotopic (exact) mass is 326 g/mol. The molecule has 0 saturated carbocycles. The second-order valence-corrected chi connectivity index (χ2v) is 5.86. The van der Waals surface area contributed by atoms with E-state index in [2.05, 4.69) is 0 Å². The number of aliphatic hydroxyl groups excluding tert-OH is 4. The predicted octanol–water partition coefficient (Wildman–Crippen LogP) is -0.296. The summed E-state index contributed by atoms with van der Waals surface area (Å²) in [6, 6.07) is 6.30. The normalized spacial score (nSPS) is 31.2. The Morgan fingerprint density at radius 3 is 2.26 bits per heavy atom. The molecule has 5 atom stereocenters. The van der Waals surface area contributed by atoms with Gasteiger partial charge in [-0.05, 0) is 24.3 Å². The minimum atomic E-state index is -1.49. The van der Waals surface area contributed by atoms with Crippen LogP contribution in [0.2, 0.25) is 0 Å². The number of aliphatic hydroxyl groups is 4. The highest BCUT2D eigenvalue weighted by Crippen LogP contribution is 2.24. The Kier molecular flexibility index (Phi) is 5.72. The Morgan fingerprint density at radius 1 is 1.13 bits per heavy atom. The van der Waals surface area contributed by atoms with Crippen LogP contribution in [-0.4, -0.2) is 63.5 Å². The zero-order valence-electron chi connectivity index (χ0n) is 13.0. The Hall–Kier alpha value is -1.51. The first-order chi connectivity index (χ1) is 10.8. The summed E-state index contributed by atoms with van der Waals surface area (Å²) in [6.45, 7) is 3.09. The second-order valence-electron chi connectivity index (χ2n) is 5.86. The van der Waals surface area contributed by atoms with Gasteiger partial charge < -0.3 is 29.9 Å². The first-order valence-electron chi connectivity index (χ1n) is 7.46. The zero-order chi connectivity index (χ0) is 17.1. The maximum absolute atomic E-state index is 11.9. The minimum Gasteiger partial charge on any atom is -0.462 e. The number of rotatable bonds is 5. The van der Waals surface area contributed by atoms with Crippen LogP contribution in [0.4, 0.5) is 0 Å². The van der Waals surface area contributed by atoms with Crippen molar-refractivity contribution in [1.82, 2.24) is 0 Å². The van der Waals surface area contributed by atoms with Crippen molar-refractivity contribution in [2.75, 3.05) is 6.61 Å². The summed E-state index contributed by atoms with van der Waals surface area (Å²) in [5, 5.41) is 38.4. The topological polar surface area (TPSA) is 116 Å². The molecule has 2 rings (SSSR count). The summed E-state index contributed by atoms with van der Waals surface area (Å²) in [7, 11) is 0. The molecule has 7 nitrogen and oxygen atoms in total. The first kappa shape index (κ1) is 17.8. The summed E-state index contributed by atoms with van der Waals surface area (Å²) < 4.78 is 10.7. The summed E-state index contributed by atoms with van der Waals surface area (Å²) in [5.74, 6) is 0.214. The van der Waals surface area contributed by atoms with Crippen molar-refractivity contribution in [3.63, 3.8) is 0 Å². The van der Waals surface area contributed by atoms with Gasteiger partial charge in [-0.25, -0.2) is 0 Å². The molecule has 0 spiro atoms. The fourth-order valence-corrected chi connectivity index (χ4v) is 2.33. The summed E-state index contributed by atoms with van der Waals surface area (Å²) in [6.07, 6.45) is -6.66. The molecule has 0 radical (unpaired) electrons. The smallest absolute Gasteiger partial charge is 0.229 e. The van der Waals surface area contributed by atoms with Crippen LogP contribution >= 0.6 is 0 Å². The maximum atomic E-state index is 11.9. The van der Waals surface area contributed by atoms with E-state index in [1.165, 1.54) is 0 Å². The van der Waals surface area contributed by atoms with E-state index in [-0.39, 0.29) is 11.7 Å². The molecular formula is C16H22O7. The van der Waals surface area contributed by atoms with Crippen molar-refractivity contribution in [2.45, 2.75) is 44.6 Å².